The summed E-state index contributed by atoms with van der Waals surface area (Å²) >= 11 is 12.1. The van der Waals surface area contributed by atoms with Gasteiger partial charge in [-0.25, -0.2) is 9.18 Å². The largest absolute Gasteiger partial charge is 0.328 e. The van der Waals surface area contributed by atoms with Crippen molar-refractivity contribution in [3.8, 4) is 0 Å². The number of carbonyl (C=O) groups excluding carboxylic acids is 4. The molecular weight excluding hydrogens is 460 g/mol. The van der Waals surface area contributed by atoms with Crippen molar-refractivity contribution in [1.29, 1.82) is 0 Å². The topological polar surface area (TPSA) is 78.0 Å². The lowest BCUT2D eigenvalue weighted by molar-refractivity contribution is -0.129. The summed E-state index contributed by atoms with van der Waals surface area (Å²) in [4.78, 5) is 53.2. The summed E-state index contributed by atoms with van der Waals surface area (Å²) in [6, 6.07) is 6.71. The van der Waals surface area contributed by atoms with Gasteiger partial charge in [0, 0.05) is 34.6 Å². The zero-order valence-electron chi connectivity index (χ0n) is 17.3. The predicted molar refractivity (Wildman–Crippen MR) is 118 cm³/mol. The lowest BCUT2D eigenvalue weighted by Crippen LogP contribution is -2.34. The van der Waals surface area contributed by atoms with Gasteiger partial charge in [-0.05, 0) is 43.3 Å². The normalized spacial score (nSPS) is 16.0. The van der Waals surface area contributed by atoms with Crippen LogP contribution in [0.1, 0.15) is 31.0 Å². The molecule has 0 aromatic heterocycles. The number of imide groups is 1. The van der Waals surface area contributed by atoms with E-state index >= 15 is 0 Å². The molecule has 168 valence electrons. The molecule has 3 rings (SSSR count). The van der Waals surface area contributed by atoms with E-state index in [0.29, 0.717) is 11.8 Å². The number of rotatable bonds is 7. The SMILES string of the molecule is CCN1C(=O)N(Cc2cc(Cl)ccc2F)C(=O)C1c1cc(Cl)ccc1N(CC=O)C(C)=O. The smallest absolute Gasteiger partial charge is 0.308 e. The first-order valence-electron chi connectivity index (χ1n) is 9.76. The number of anilines is 1. The Kier molecular flexibility index (Phi) is 7.16. The highest BCUT2D eigenvalue weighted by molar-refractivity contribution is 6.31. The number of urea groups is 1. The van der Waals surface area contributed by atoms with Crippen LogP contribution in [0, 0.1) is 5.82 Å². The van der Waals surface area contributed by atoms with E-state index in [4.69, 9.17) is 23.2 Å². The Morgan fingerprint density at radius 1 is 1.16 bits per heavy atom. The maximum absolute atomic E-state index is 14.3. The van der Waals surface area contributed by atoms with Crippen LogP contribution in [-0.4, -0.2) is 47.0 Å². The van der Waals surface area contributed by atoms with Gasteiger partial charge in [-0.1, -0.05) is 23.2 Å². The Morgan fingerprint density at radius 3 is 2.44 bits per heavy atom. The summed E-state index contributed by atoms with van der Waals surface area (Å²) in [7, 11) is 0. The van der Waals surface area contributed by atoms with Crippen LogP contribution in [0.3, 0.4) is 0 Å². The molecule has 0 aliphatic carbocycles. The molecule has 1 fully saturated rings. The molecule has 10 heteroatoms. The molecule has 2 aromatic rings. The van der Waals surface area contributed by atoms with Crippen molar-refractivity contribution in [3.05, 3.63) is 63.4 Å². The molecule has 1 aliphatic rings. The minimum absolute atomic E-state index is 0.0912. The van der Waals surface area contributed by atoms with Gasteiger partial charge in [0.25, 0.3) is 5.91 Å². The molecule has 4 amide bonds. The molecular formula is C22H20Cl2FN3O4. The van der Waals surface area contributed by atoms with Crippen molar-refractivity contribution in [1.82, 2.24) is 9.80 Å². The summed E-state index contributed by atoms with van der Waals surface area (Å²) in [6.07, 6.45) is 0.563. The molecule has 7 nitrogen and oxygen atoms in total. The number of amides is 4. The number of carbonyl (C=O) groups is 4. The van der Waals surface area contributed by atoms with E-state index in [1.807, 2.05) is 0 Å². The van der Waals surface area contributed by atoms with Crippen LogP contribution >= 0.6 is 23.2 Å². The standard InChI is InChI=1S/C22H20Cl2FN3O4/c1-3-26-20(17-11-16(24)5-7-19(17)27(8-9-29)13(2)30)21(31)28(22(26)32)12-14-10-15(23)4-6-18(14)25/h4-7,9-11,20H,3,8,12H2,1-2H3. The van der Waals surface area contributed by atoms with Crippen LogP contribution in [0.15, 0.2) is 36.4 Å². The fourth-order valence-corrected chi connectivity index (χ4v) is 4.08. The summed E-state index contributed by atoms with van der Waals surface area (Å²) in [5, 5.41) is 0.557. The van der Waals surface area contributed by atoms with E-state index in [9.17, 15) is 23.6 Å². The zero-order valence-corrected chi connectivity index (χ0v) is 18.9. The Hall–Kier alpha value is -2.97. The molecule has 0 spiro atoms. The van der Waals surface area contributed by atoms with E-state index in [1.165, 1.54) is 47.1 Å². The van der Waals surface area contributed by atoms with Crippen LogP contribution in [-0.2, 0) is 20.9 Å². The van der Waals surface area contributed by atoms with Crippen LogP contribution in [0.4, 0.5) is 14.9 Å². The molecule has 0 N–H and O–H groups in total. The molecule has 0 saturated carbocycles. The first-order valence-corrected chi connectivity index (χ1v) is 10.5. The summed E-state index contributed by atoms with van der Waals surface area (Å²) < 4.78 is 14.3. The van der Waals surface area contributed by atoms with Crippen LogP contribution < -0.4 is 4.90 Å². The summed E-state index contributed by atoms with van der Waals surface area (Å²) in [6.45, 7) is 2.61. The van der Waals surface area contributed by atoms with Crippen molar-refractivity contribution < 1.29 is 23.6 Å². The first-order chi connectivity index (χ1) is 15.2. The average Bonchev–Trinajstić information content (AvgIpc) is 2.98. The van der Waals surface area contributed by atoms with Crippen molar-refractivity contribution in [2.75, 3.05) is 18.0 Å². The maximum Gasteiger partial charge on any atom is 0.328 e. The van der Waals surface area contributed by atoms with Crippen LogP contribution in [0.2, 0.25) is 10.0 Å². The lowest BCUT2D eigenvalue weighted by Gasteiger charge is -2.27. The minimum Gasteiger partial charge on any atom is -0.308 e. The minimum atomic E-state index is -1.10. The molecule has 1 unspecified atom stereocenters. The second kappa shape index (κ2) is 9.67. The molecule has 1 aliphatic heterocycles. The average molecular weight is 480 g/mol. The van der Waals surface area contributed by atoms with E-state index in [2.05, 4.69) is 0 Å². The van der Waals surface area contributed by atoms with Gasteiger partial charge in [0.1, 0.15) is 18.1 Å². The quantitative estimate of drug-likeness (QED) is 0.440. The third kappa shape index (κ3) is 4.47. The number of likely N-dealkylation sites (N-methyl/N-ethyl adjacent to an activating group) is 1. The highest BCUT2D eigenvalue weighted by Gasteiger charge is 2.46. The van der Waals surface area contributed by atoms with Crippen molar-refractivity contribution in [2.24, 2.45) is 0 Å². The zero-order chi connectivity index (χ0) is 23.6. The number of benzene rings is 2. The lowest BCUT2D eigenvalue weighted by atomic mass is 10.0. The van der Waals surface area contributed by atoms with Gasteiger partial charge in [-0.15, -0.1) is 0 Å². The number of halogens is 3. The molecule has 1 saturated heterocycles. The highest BCUT2D eigenvalue weighted by atomic mass is 35.5. The fraction of sp³-hybridized carbons (Fsp3) is 0.273. The third-order valence-corrected chi connectivity index (χ3v) is 5.65. The second-order valence-electron chi connectivity index (χ2n) is 7.13. The van der Waals surface area contributed by atoms with E-state index < -0.39 is 29.7 Å². The van der Waals surface area contributed by atoms with Crippen molar-refractivity contribution in [3.63, 3.8) is 0 Å². The van der Waals surface area contributed by atoms with Gasteiger partial charge in [-0.2, -0.15) is 0 Å². The number of hydrogen-bond donors (Lipinski definition) is 0. The summed E-state index contributed by atoms with van der Waals surface area (Å²) in [5.41, 5.74) is 0.673. The van der Waals surface area contributed by atoms with Crippen LogP contribution in [0.25, 0.3) is 0 Å². The highest BCUT2D eigenvalue weighted by Crippen LogP contribution is 2.38. The Bertz CT molecular complexity index is 1090. The Labute approximate surface area is 194 Å². The fourth-order valence-electron chi connectivity index (χ4n) is 3.70. The van der Waals surface area contributed by atoms with E-state index in [1.54, 1.807) is 6.92 Å². The molecule has 2 aromatic carbocycles. The van der Waals surface area contributed by atoms with Crippen molar-refractivity contribution >= 4 is 53.0 Å². The summed E-state index contributed by atoms with van der Waals surface area (Å²) in [5.74, 6) is -1.62. The van der Waals surface area contributed by atoms with Crippen molar-refractivity contribution in [2.45, 2.75) is 26.4 Å². The number of aldehydes is 1. The Morgan fingerprint density at radius 2 is 1.81 bits per heavy atom. The predicted octanol–water partition coefficient (Wildman–Crippen LogP) is 4.21. The van der Waals surface area contributed by atoms with Gasteiger partial charge in [0.2, 0.25) is 5.91 Å². The molecule has 1 heterocycles. The molecule has 1 atom stereocenters. The first kappa shape index (κ1) is 23.7. The molecule has 0 radical (unpaired) electrons. The maximum atomic E-state index is 14.3. The van der Waals surface area contributed by atoms with E-state index in [0.717, 1.165) is 11.0 Å². The van der Waals surface area contributed by atoms with Crippen LogP contribution in [0.5, 0.6) is 0 Å². The third-order valence-electron chi connectivity index (χ3n) is 5.18. The van der Waals surface area contributed by atoms with E-state index in [-0.39, 0.29) is 40.9 Å². The molecule has 32 heavy (non-hydrogen) atoms. The van der Waals surface area contributed by atoms with Gasteiger partial charge in [-0.3, -0.25) is 14.5 Å². The molecule has 0 bridgehead atoms. The Balaban J connectivity index is 2.08. The number of nitrogens with zero attached hydrogens (tertiary/aromatic N) is 3. The van der Waals surface area contributed by atoms with Gasteiger partial charge in [0.05, 0.1) is 18.8 Å². The monoisotopic (exact) mass is 479 g/mol. The van der Waals surface area contributed by atoms with Gasteiger partial charge in [0.15, 0.2) is 0 Å². The van der Waals surface area contributed by atoms with Gasteiger partial charge >= 0.3 is 6.03 Å². The number of hydrogen-bond acceptors (Lipinski definition) is 4. The van der Waals surface area contributed by atoms with Gasteiger partial charge < -0.3 is 14.6 Å². The second-order valence-corrected chi connectivity index (χ2v) is 8.00.